The van der Waals surface area contributed by atoms with Gasteiger partial charge in [-0.25, -0.2) is 9.78 Å². The fourth-order valence-electron chi connectivity index (χ4n) is 1.51. The van der Waals surface area contributed by atoms with Crippen LogP contribution in [0.25, 0.3) is 11.3 Å². The maximum Gasteiger partial charge on any atom is 0.365 e. The Morgan fingerprint density at radius 3 is 2.82 bits per heavy atom. The molecule has 0 unspecified atom stereocenters. The third kappa shape index (κ3) is 2.29. The van der Waals surface area contributed by atoms with E-state index in [2.05, 4.69) is 4.98 Å². The summed E-state index contributed by atoms with van der Waals surface area (Å²) in [4.78, 5) is 14.8. The topological polar surface area (TPSA) is 59.4 Å². The van der Waals surface area contributed by atoms with Gasteiger partial charge in [0.1, 0.15) is 5.75 Å². The van der Waals surface area contributed by atoms with Crippen molar-refractivity contribution in [3.63, 3.8) is 0 Å². The molecule has 1 aromatic carbocycles. The number of carbonyl (C=O) groups is 1. The Morgan fingerprint density at radius 2 is 2.24 bits per heavy atom. The summed E-state index contributed by atoms with van der Waals surface area (Å²) in [5.74, 6) is -0.306. The van der Waals surface area contributed by atoms with E-state index < -0.39 is 5.97 Å². The van der Waals surface area contributed by atoms with Crippen molar-refractivity contribution in [1.82, 2.24) is 4.98 Å². The van der Waals surface area contributed by atoms with Gasteiger partial charge in [0, 0.05) is 10.9 Å². The van der Waals surface area contributed by atoms with E-state index in [-0.39, 0.29) is 5.01 Å². The number of carboxylic acids is 1. The van der Waals surface area contributed by atoms with Crippen molar-refractivity contribution in [2.24, 2.45) is 0 Å². The summed E-state index contributed by atoms with van der Waals surface area (Å²) in [5.41, 5.74) is 2.52. The van der Waals surface area contributed by atoms with Gasteiger partial charge in [0.2, 0.25) is 5.01 Å². The number of aryl methyl sites for hydroxylation is 1. The molecule has 2 aromatic rings. The predicted molar refractivity (Wildman–Crippen MR) is 65.8 cm³/mol. The van der Waals surface area contributed by atoms with Crippen LogP contribution in [0.1, 0.15) is 15.4 Å². The molecule has 88 valence electrons. The molecule has 0 radical (unpaired) electrons. The van der Waals surface area contributed by atoms with Crippen molar-refractivity contribution < 1.29 is 14.6 Å². The number of ether oxygens (including phenoxy) is 1. The summed E-state index contributed by atoms with van der Waals surface area (Å²) < 4.78 is 5.27. The number of carboxylic acid groups (broad SMARTS) is 1. The first-order chi connectivity index (χ1) is 8.11. The number of benzene rings is 1. The summed E-state index contributed by atoms with van der Waals surface area (Å²) in [7, 11) is 1.59. The largest absolute Gasteiger partial charge is 0.496 e. The highest BCUT2D eigenvalue weighted by Crippen LogP contribution is 2.31. The van der Waals surface area contributed by atoms with Crippen LogP contribution >= 0.6 is 11.3 Å². The molecular weight excluding hydrogens is 238 g/mol. The second-order valence-electron chi connectivity index (χ2n) is 3.55. The minimum atomic E-state index is -1.01. The normalized spacial score (nSPS) is 10.2. The minimum absolute atomic E-state index is 0.0858. The van der Waals surface area contributed by atoms with Crippen molar-refractivity contribution in [2.45, 2.75) is 6.92 Å². The van der Waals surface area contributed by atoms with E-state index in [0.29, 0.717) is 11.4 Å². The van der Waals surface area contributed by atoms with E-state index in [1.54, 1.807) is 12.5 Å². The lowest BCUT2D eigenvalue weighted by Crippen LogP contribution is -1.95. The van der Waals surface area contributed by atoms with Gasteiger partial charge in [-0.2, -0.15) is 0 Å². The fraction of sp³-hybridized carbons (Fsp3) is 0.167. The number of aromatic nitrogens is 1. The van der Waals surface area contributed by atoms with Crippen LogP contribution in [0.2, 0.25) is 0 Å². The standard InChI is InChI=1S/C12H11NO3S/c1-7-3-4-8(10(5-7)16-2)9-6-17-11(13-9)12(14)15/h3-6H,1-2H3,(H,14,15). The van der Waals surface area contributed by atoms with E-state index in [1.807, 2.05) is 25.1 Å². The van der Waals surface area contributed by atoms with Gasteiger partial charge in [-0.05, 0) is 24.6 Å². The molecule has 0 atom stereocenters. The van der Waals surface area contributed by atoms with Crippen molar-refractivity contribution in [1.29, 1.82) is 0 Å². The minimum Gasteiger partial charge on any atom is -0.496 e. The lowest BCUT2D eigenvalue weighted by atomic mass is 10.1. The Morgan fingerprint density at radius 1 is 1.47 bits per heavy atom. The van der Waals surface area contributed by atoms with Crippen LogP contribution in [0.5, 0.6) is 5.75 Å². The number of hydrogen-bond acceptors (Lipinski definition) is 4. The second kappa shape index (κ2) is 4.55. The molecule has 5 heteroatoms. The Hall–Kier alpha value is -1.88. The predicted octanol–water partition coefficient (Wildman–Crippen LogP) is 2.83. The van der Waals surface area contributed by atoms with Gasteiger partial charge in [-0.1, -0.05) is 6.07 Å². The van der Waals surface area contributed by atoms with Crippen molar-refractivity contribution in [2.75, 3.05) is 7.11 Å². The van der Waals surface area contributed by atoms with Gasteiger partial charge in [0.05, 0.1) is 12.8 Å². The summed E-state index contributed by atoms with van der Waals surface area (Å²) in [6, 6.07) is 5.72. The molecule has 1 N–H and O–H groups in total. The van der Waals surface area contributed by atoms with Gasteiger partial charge < -0.3 is 9.84 Å². The van der Waals surface area contributed by atoms with Crippen molar-refractivity contribution >= 4 is 17.3 Å². The van der Waals surface area contributed by atoms with Crippen molar-refractivity contribution in [3.8, 4) is 17.0 Å². The summed E-state index contributed by atoms with van der Waals surface area (Å²) in [6.07, 6.45) is 0. The van der Waals surface area contributed by atoms with Crippen LogP contribution in [0.4, 0.5) is 0 Å². The number of aromatic carboxylic acids is 1. The van der Waals surface area contributed by atoms with Crippen LogP contribution in [0, 0.1) is 6.92 Å². The van der Waals surface area contributed by atoms with Gasteiger partial charge in [0.25, 0.3) is 0 Å². The Kier molecular flexibility index (Phi) is 3.10. The first-order valence-electron chi connectivity index (χ1n) is 4.95. The van der Waals surface area contributed by atoms with Crippen LogP contribution in [-0.2, 0) is 0 Å². The molecule has 0 spiro atoms. The maximum absolute atomic E-state index is 10.8. The highest BCUT2D eigenvalue weighted by molar-refractivity contribution is 7.11. The van der Waals surface area contributed by atoms with Crippen LogP contribution < -0.4 is 4.74 Å². The average Bonchev–Trinajstić information content (AvgIpc) is 2.78. The monoisotopic (exact) mass is 249 g/mol. The van der Waals surface area contributed by atoms with Gasteiger partial charge in [-0.3, -0.25) is 0 Å². The number of nitrogens with zero attached hydrogens (tertiary/aromatic N) is 1. The van der Waals surface area contributed by atoms with E-state index in [0.717, 1.165) is 22.5 Å². The lowest BCUT2D eigenvalue weighted by molar-refractivity contribution is 0.0696. The summed E-state index contributed by atoms with van der Waals surface area (Å²) >= 11 is 1.11. The van der Waals surface area contributed by atoms with Gasteiger partial charge in [0.15, 0.2) is 0 Å². The van der Waals surface area contributed by atoms with Gasteiger partial charge >= 0.3 is 5.97 Å². The van der Waals surface area contributed by atoms with Crippen LogP contribution in [-0.4, -0.2) is 23.2 Å². The van der Waals surface area contributed by atoms with E-state index in [9.17, 15) is 4.79 Å². The maximum atomic E-state index is 10.8. The molecule has 0 aliphatic heterocycles. The molecule has 1 aromatic heterocycles. The highest BCUT2D eigenvalue weighted by Gasteiger charge is 2.13. The zero-order chi connectivity index (χ0) is 12.4. The zero-order valence-electron chi connectivity index (χ0n) is 9.43. The number of thiazole rings is 1. The second-order valence-corrected chi connectivity index (χ2v) is 4.40. The van der Waals surface area contributed by atoms with Gasteiger partial charge in [-0.15, -0.1) is 11.3 Å². The SMILES string of the molecule is COc1cc(C)ccc1-c1csc(C(=O)O)n1. The molecule has 17 heavy (non-hydrogen) atoms. The van der Waals surface area contributed by atoms with Crippen LogP contribution in [0.15, 0.2) is 23.6 Å². The Balaban J connectivity index is 2.48. The molecule has 2 rings (SSSR count). The fourth-order valence-corrected chi connectivity index (χ4v) is 2.16. The lowest BCUT2D eigenvalue weighted by Gasteiger charge is -2.06. The number of methoxy groups -OCH3 is 1. The van der Waals surface area contributed by atoms with E-state index >= 15 is 0 Å². The quantitative estimate of drug-likeness (QED) is 0.908. The first-order valence-corrected chi connectivity index (χ1v) is 5.83. The highest BCUT2D eigenvalue weighted by atomic mass is 32.1. The zero-order valence-corrected chi connectivity index (χ0v) is 10.2. The van der Waals surface area contributed by atoms with E-state index in [4.69, 9.17) is 9.84 Å². The smallest absolute Gasteiger partial charge is 0.365 e. The van der Waals surface area contributed by atoms with E-state index in [1.165, 1.54) is 0 Å². The summed E-state index contributed by atoms with van der Waals surface area (Å²) in [5, 5.41) is 10.6. The molecule has 0 aliphatic rings. The molecule has 0 aliphatic carbocycles. The molecule has 1 heterocycles. The number of rotatable bonds is 3. The summed E-state index contributed by atoms with van der Waals surface area (Å²) in [6.45, 7) is 1.97. The molecule has 0 saturated heterocycles. The third-order valence-corrected chi connectivity index (χ3v) is 3.15. The molecule has 0 fully saturated rings. The molecular formula is C12H11NO3S. The Bertz CT molecular complexity index is 563. The molecule has 4 nitrogen and oxygen atoms in total. The molecule has 0 bridgehead atoms. The Labute approximate surface area is 103 Å². The first kappa shape index (κ1) is 11.6. The third-order valence-electron chi connectivity index (χ3n) is 2.32. The molecule has 0 amide bonds. The average molecular weight is 249 g/mol. The number of hydrogen-bond donors (Lipinski definition) is 1. The van der Waals surface area contributed by atoms with Crippen molar-refractivity contribution in [3.05, 3.63) is 34.2 Å². The van der Waals surface area contributed by atoms with Crippen LogP contribution in [0.3, 0.4) is 0 Å². The molecule has 0 saturated carbocycles.